The lowest BCUT2D eigenvalue weighted by Gasteiger charge is -2.12. The number of benzene rings is 2. The van der Waals surface area contributed by atoms with Crippen LogP contribution in [0.5, 0.6) is 5.75 Å². The normalized spacial score (nSPS) is 14.3. The molecule has 7 heteroatoms. The number of rotatable bonds is 9. The molecule has 0 aliphatic carbocycles. The molecule has 0 bridgehead atoms. The van der Waals surface area contributed by atoms with E-state index in [0.29, 0.717) is 48.5 Å². The number of fused-ring (bicyclic) bond motifs is 2. The van der Waals surface area contributed by atoms with Crippen molar-refractivity contribution < 1.29 is 9.13 Å². The number of nitrogens with one attached hydrogen (secondary N) is 1. The number of hydrogen-bond acceptors (Lipinski definition) is 5. The van der Waals surface area contributed by atoms with Gasteiger partial charge in [0.1, 0.15) is 17.4 Å². The highest BCUT2D eigenvalue weighted by molar-refractivity contribution is 5.86. The summed E-state index contributed by atoms with van der Waals surface area (Å²) in [4.78, 5) is 19.9. The summed E-state index contributed by atoms with van der Waals surface area (Å²) in [7, 11) is 4.02. The van der Waals surface area contributed by atoms with Gasteiger partial charge in [0.2, 0.25) is 0 Å². The summed E-state index contributed by atoms with van der Waals surface area (Å²) in [6.45, 7) is 4.88. The number of halogens is 1. The van der Waals surface area contributed by atoms with E-state index in [1.807, 2.05) is 38.4 Å². The Morgan fingerprint density at radius 1 is 1.24 bits per heavy atom. The Labute approximate surface area is 193 Å². The van der Waals surface area contributed by atoms with Crippen LogP contribution >= 0.6 is 0 Å². The number of ether oxygens (including phenoxy) is 1. The van der Waals surface area contributed by atoms with Crippen LogP contribution in [0.1, 0.15) is 37.6 Å². The zero-order valence-corrected chi connectivity index (χ0v) is 19.5. The van der Waals surface area contributed by atoms with E-state index < -0.39 is 5.82 Å². The van der Waals surface area contributed by atoms with Crippen LogP contribution < -0.4 is 15.6 Å². The van der Waals surface area contributed by atoms with Crippen LogP contribution in [0.3, 0.4) is 0 Å². The molecule has 0 fully saturated rings. The third kappa shape index (κ3) is 5.25. The largest absolute Gasteiger partial charge is 0.494 e. The van der Waals surface area contributed by atoms with E-state index >= 15 is 0 Å². The number of hydrogen-bond donors (Lipinski definition) is 1. The molecule has 0 atom stereocenters. The maximum atomic E-state index is 14.6. The lowest BCUT2D eigenvalue weighted by molar-refractivity contribution is 0.317. The summed E-state index contributed by atoms with van der Waals surface area (Å²) in [5, 5.41) is 3.46. The predicted octanol–water partition coefficient (Wildman–Crippen LogP) is 4.63. The average Bonchev–Trinajstić information content (AvgIpc) is 3.19. The molecule has 1 aliphatic rings. The number of aromatic nitrogens is 2. The standard InChI is InChI=1S/C26H31FN4O2/c1-4-14-33-20-8-6-18(7-9-20)15-19-10-13-31-25(19)29-23-17-24(28-11-5-12-30(2)3)22(27)16-21(23)26(31)32/h6-9,15-17,28H,4-5,10-14H2,1-3H3/b19-15+. The SMILES string of the molecule is CCCOc1ccc(/C=C2\CCn3c2nc2cc(NCCCN(C)C)c(F)cc2c3=O)cc1. The maximum Gasteiger partial charge on any atom is 0.261 e. The van der Waals surface area contributed by atoms with Crippen LogP contribution in [0.4, 0.5) is 10.1 Å². The van der Waals surface area contributed by atoms with Gasteiger partial charge in [0.05, 0.1) is 23.2 Å². The highest BCUT2D eigenvalue weighted by Gasteiger charge is 2.22. The minimum absolute atomic E-state index is 0.195. The Morgan fingerprint density at radius 3 is 2.76 bits per heavy atom. The lowest BCUT2D eigenvalue weighted by atomic mass is 10.1. The summed E-state index contributed by atoms with van der Waals surface area (Å²) in [5.74, 6) is 1.08. The molecular formula is C26H31FN4O2. The zero-order chi connectivity index (χ0) is 23.4. The topological polar surface area (TPSA) is 59.4 Å². The number of anilines is 1. The first-order valence-electron chi connectivity index (χ1n) is 11.5. The highest BCUT2D eigenvalue weighted by Crippen LogP contribution is 2.29. The maximum absolute atomic E-state index is 14.6. The van der Waals surface area contributed by atoms with Crippen LogP contribution in [0.25, 0.3) is 22.6 Å². The molecule has 0 radical (unpaired) electrons. The molecule has 1 aliphatic heterocycles. The summed E-state index contributed by atoms with van der Waals surface area (Å²) in [5.41, 5.74) is 2.72. The van der Waals surface area contributed by atoms with Crippen LogP contribution in [-0.4, -0.2) is 48.2 Å². The van der Waals surface area contributed by atoms with Crippen LogP contribution in [-0.2, 0) is 6.54 Å². The van der Waals surface area contributed by atoms with E-state index in [9.17, 15) is 9.18 Å². The van der Waals surface area contributed by atoms with Gasteiger partial charge in [-0.3, -0.25) is 9.36 Å². The van der Waals surface area contributed by atoms with E-state index in [0.717, 1.165) is 36.3 Å². The smallest absolute Gasteiger partial charge is 0.261 e. The zero-order valence-electron chi connectivity index (χ0n) is 19.5. The first kappa shape index (κ1) is 23.0. The molecule has 0 unspecified atom stereocenters. The summed E-state index contributed by atoms with van der Waals surface area (Å²) < 4.78 is 21.9. The molecule has 2 heterocycles. The van der Waals surface area contributed by atoms with Gasteiger partial charge < -0.3 is 15.0 Å². The van der Waals surface area contributed by atoms with Gasteiger partial charge in [-0.2, -0.15) is 0 Å². The monoisotopic (exact) mass is 450 g/mol. The van der Waals surface area contributed by atoms with Crippen molar-refractivity contribution in [1.29, 1.82) is 0 Å². The molecule has 6 nitrogen and oxygen atoms in total. The van der Waals surface area contributed by atoms with E-state index in [2.05, 4.69) is 23.2 Å². The van der Waals surface area contributed by atoms with Gasteiger partial charge >= 0.3 is 0 Å². The Bertz CT molecular complexity index is 1220. The van der Waals surface area contributed by atoms with Gasteiger partial charge in [0.25, 0.3) is 5.56 Å². The van der Waals surface area contributed by atoms with Crippen molar-refractivity contribution in [2.45, 2.75) is 32.7 Å². The van der Waals surface area contributed by atoms with Crippen molar-refractivity contribution in [3.05, 3.63) is 64.0 Å². The van der Waals surface area contributed by atoms with Crippen molar-refractivity contribution >= 4 is 28.2 Å². The number of allylic oxidation sites excluding steroid dienone is 1. The van der Waals surface area contributed by atoms with Crippen molar-refractivity contribution in [1.82, 2.24) is 14.5 Å². The Morgan fingerprint density at radius 2 is 2.03 bits per heavy atom. The fourth-order valence-corrected chi connectivity index (χ4v) is 4.01. The van der Waals surface area contributed by atoms with Crippen LogP contribution in [0, 0.1) is 5.82 Å². The molecule has 4 rings (SSSR count). The van der Waals surface area contributed by atoms with Gasteiger partial charge in [0.15, 0.2) is 0 Å². The first-order chi connectivity index (χ1) is 16.0. The van der Waals surface area contributed by atoms with Crippen LogP contribution in [0.2, 0.25) is 0 Å². The Balaban J connectivity index is 1.62. The predicted molar refractivity (Wildman–Crippen MR) is 132 cm³/mol. The van der Waals surface area contributed by atoms with E-state index in [4.69, 9.17) is 9.72 Å². The summed E-state index contributed by atoms with van der Waals surface area (Å²) >= 11 is 0. The summed E-state index contributed by atoms with van der Waals surface area (Å²) in [6.07, 6.45) is 4.63. The minimum Gasteiger partial charge on any atom is -0.494 e. The van der Waals surface area contributed by atoms with E-state index in [1.165, 1.54) is 6.07 Å². The molecule has 1 N–H and O–H groups in total. The number of nitrogens with zero attached hydrogens (tertiary/aromatic N) is 3. The molecule has 0 spiro atoms. The van der Waals surface area contributed by atoms with E-state index in [1.54, 1.807) is 10.6 Å². The lowest BCUT2D eigenvalue weighted by Crippen LogP contribution is -2.21. The third-order valence-electron chi connectivity index (χ3n) is 5.73. The van der Waals surface area contributed by atoms with E-state index in [-0.39, 0.29) is 5.56 Å². The minimum atomic E-state index is -0.425. The highest BCUT2D eigenvalue weighted by atomic mass is 19.1. The quantitative estimate of drug-likeness (QED) is 0.482. The molecule has 1 aromatic heterocycles. The molecule has 0 amide bonds. The molecule has 174 valence electrons. The molecular weight excluding hydrogens is 419 g/mol. The second-order valence-corrected chi connectivity index (χ2v) is 8.66. The summed E-state index contributed by atoms with van der Waals surface area (Å²) in [6, 6.07) is 10.9. The molecule has 0 saturated carbocycles. The average molecular weight is 451 g/mol. The molecule has 0 saturated heterocycles. The first-order valence-corrected chi connectivity index (χ1v) is 11.5. The van der Waals surface area contributed by atoms with Gasteiger partial charge in [-0.05, 0) is 81.4 Å². The second kappa shape index (κ2) is 10.2. The Kier molecular flexibility index (Phi) is 7.08. The van der Waals surface area contributed by atoms with Crippen molar-refractivity contribution in [2.75, 3.05) is 39.1 Å². The van der Waals surface area contributed by atoms with Gasteiger partial charge in [-0.15, -0.1) is 0 Å². The van der Waals surface area contributed by atoms with Gasteiger partial charge in [-0.1, -0.05) is 19.1 Å². The third-order valence-corrected chi connectivity index (χ3v) is 5.73. The second-order valence-electron chi connectivity index (χ2n) is 8.66. The molecule has 33 heavy (non-hydrogen) atoms. The van der Waals surface area contributed by atoms with Crippen molar-refractivity contribution in [3.63, 3.8) is 0 Å². The van der Waals surface area contributed by atoms with Gasteiger partial charge in [0, 0.05) is 13.1 Å². The Hall–Kier alpha value is -3.19. The van der Waals surface area contributed by atoms with Gasteiger partial charge in [-0.25, -0.2) is 9.37 Å². The van der Waals surface area contributed by atoms with Crippen molar-refractivity contribution in [2.24, 2.45) is 0 Å². The van der Waals surface area contributed by atoms with Crippen molar-refractivity contribution in [3.8, 4) is 5.75 Å². The van der Waals surface area contributed by atoms with Crippen LogP contribution in [0.15, 0.2) is 41.2 Å². The molecule has 2 aromatic carbocycles. The molecule has 3 aromatic rings. The fraction of sp³-hybridized carbons (Fsp3) is 0.385. The fourth-order valence-electron chi connectivity index (χ4n) is 4.01.